The second-order valence-corrected chi connectivity index (χ2v) is 6.82. The monoisotopic (exact) mass is 373 g/mol. The fourth-order valence-corrected chi connectivity index (χ4v) is 3.40. The maximum absolute atomic E-state index is 12.5. The number of hydrogen-bond donors (Lipinski definition) is 0. The predicted octanol–water partition coefficient (Wildman–Crippen LogP) is 4.58. The second kappa shape index (κ2) is 8.28. The number of benzene rings is 3. The van der Waals surface area contributed by atoms with E-state index in [9.17, 15) is 4.79 Å². The highest BCUT2D eigenvalue weighted by Crippen LogP contribution is 2.22. The number of methoxy groups -OCH3 is 1. The summed E-state index contributed by atoms with van der Waals surface area (Å²) in [7, 11) is 1.66. The minimum absolute atomic E-state index is 0.00311. The standard InChI is InChI=1S/C24H23NO3/c1-27-23-10-7-20-16-18(2-4-21(20)17-23)3-11-24(26)19-5-8-22(9-6-19)25-12-14-28-15-13-25/h2-11,16-17H,12-15H2,1H3/b11-3-. The molecule has 4 nitrogen and oxygen atoms in total. The molecule has 1 aliphatic heterocycles. The molecule has 0 unspecified atom stereocenters. The van der Waals surface area contributed by atoms with Gasteiger partial charge in [-0.3, -0.25) is 4.79 Å². The molecule has 4 heteroatoms. The van der Waals surface area contributed by atoms with E-state index in [1.807, 2.05) is 60.7 Å². The molecule has 3 aromatic rings. The molecule has 0 bridgehead atoms. The van der Waals surface area contributed by atoms with Crippen molar-refractivity contribution in [3.8, 4) is 5.75 Å². The molecule has 1 heterocycles. The van der Waals surface area contributed by atoms with Crippen LogP contribution in [0.25, 0.3) is 16.8 Å². The molecule has 1 saturated heterocycles. The first kappa shape index (κ1) is 18.3. The number of nitrogens with zero attached hydrogens (tertiary/aromatic N) is 1. The van der Waals surface area contributed by atoms with Gasteiger partial charge in [0.15, 0.2) is 5.78 Å². The summed E-state index contributed by atoms with van der Waals surface area (Å²) >= 11 is 0. The van der Waals surface area contributed by atoms with Crippen LogP contribution in [0.3, 0.4) is 0 Å². The molecule has 0 amide bonds. The van der Waals surface area contributed by atoms with Crippen LogP contribution < -0.4 is 9.64 Å². The van der Waals surface area contributed by atoms with Gasteiger partial charge in [-0.05, 0) is 64.9 Å². The third-order valence-corrected chi connectivity index (χ3v) is 5.03. The van der Waals surface area contributed by atoms with Crippen molar-refractivity contribution in [3.63, 3.8) is 0 Å². The summed E-state index contributed by atoms with van der Waals surface area (Å²) in [5, 5.41) is 2.23. The van der Waals surface area contributed by atoms with Crippen molar-refractivity contribution in [2.24, 2.45) is 0 Å². The number of carbonyl (C=O) groups excluding carboxylic acids is 1. The van der Waals surface area contributed by atoms with Gasteiger partial charge in [-0.25, -0.2) is 0 Å². The van der Waals surface area contributed by atoms with Gasteiger partial charge >= 0.3 is 0 Å². The molecule has 142 valence electrons. The number of morpholine rings is 1. The zero-order valence-electron chi connectivity index (χ0n) is 15.9. The lowest BCUT2D eigenvalue weighted by molar-refractivity contribution is 0.104. The molecular weight excluding hydrogens is 350 g/mol. The zero-order valence-corrected chi connectivity index (χ0v) is 15.9. The molecule has 0 aromatic heterocycles. The summed E-state index contributed by atoms with van der Waals surface area (Å²) in [5.74, 6) is 0.842. The first-order valence-electron chi connectivity index (χ1n) is 9.46. The van der Waals surface area contributed by atoms with Crippen LogP contribution in [0.5, 0.6) is 5.75 Å². The van der Waals surface area contributed by atoms with E-state index in [2.05, 4.69) is 11.0 Å². The van der Waals surface area contributed by atoms with Crippen LogP contribution in [0.15, 0.2) is 66.7 Å². The van der Waals surface area contributed by atoms with E-state index in [-0.39, 0.29) is 5.78 Å². The van der Waals surface area contributed by atoms with E-state index < -0.39 is 0 Å². The largest absolute Gasteiger partial charge is 0.497 e. The van der Waals surface area contributed by atoms with Crippen LogP contribution in [-0.4, -0.2) is 39.2 Å². The minimum Gasteiger partial charge on any atom is -0.497 e. The van der Waals surface area contributed by atoms with Crippen molar-refractivity contribution in [1.29, 1.82) is 0 Å². The third kappa shape index (κ3) is 4.07. The molecule has 0 spiro atoms. The quantitative estimate of drug-likeness (QED) is 0.485. The van der Waals surface area contributed by atoms with Crippen molar-refractivity contribution >= 4 is 28.3 Å². The number of anilines is 1. The van der Waals surface area contributed by atoms with Gasteiger partial charge in [0.1, 0.15) is 5.75 Å². The van der Waals surface area contributed by atoms with Gasteiger partial charge in [-0.1, -0.05) is 24.3 Å². The zero-order chi connectivity index (χ0) is 19.3. The summed E-state index contributed by atoms with van der Waals surface area (Å²) in [6.45, 7) is 3.28. The molecule has 0 radical (unpaired) electrons. The Labute approximate surface area is 165 Å². The lowest BCUT2D eigenvalue weighted by Crippen LogP contribution is -2.36. The first-order valence-corrected chi connectivity index (χ1v) is 9.46. The van der Waals surface area contributed by atoms with Gasteiger partial charge in [-0.15, -0.1) is 0 Å². The maximum atomic E-state index is 12.5. The summed E-state index contributed by atoms with van der Waals surface area (Å²) in [6, 6.07) is 19.9. The molecule has 1 aliphatic rings. The molecule has 3 aromatic carbocycles. The number of ketones is 1. The van der Waals surface area contributed by atoms with E-state index in [1.165, 1.54) is 0 Å². The topological polar surface area (TPSA) is 38.8 Å². The number of fused-ring (bicyclic) bond motifs is 1. The average Bonchev–Trinajstić information content (AvgIpc) is 2.77. The Bertz CT molecular complexity index is 1000. The van der Waals surface area contributed by atoms with Gasteiger partial charge in [0.05, 0.1) is 20.3 Å². The van der Waals surface area contributed by atoms with Crippen molar-refractivity contribution in [2.75, 3.05) is 38.3 Å². The van der Waals surface area contributed by atoms with Crippen LogP contribution in [-0.2, 0) is 4.74 Å². The molecule has 0 saturated carbocycles. The number of carbonyl (C=O) groups is 1. The molecular formula is C24H23NO3. The molecule has 0 atom stereocenters. The number of hydrogen-bond acceptors (Lipinski definition) is 4. The van der Waals surface area contributed by atoms with Gasteiger partial charge in [-0.2, -0.15) is 0 Å². The Morgan fingerprint density at radius 1 is 0.964 bits per heavy atom. The van der Waals surface area contributed by atoms with E-state index >= 15 is 0 Å². The summed E-state index contributed by atoms with van der Waals surface area (Å²) in [4.78, 5) is 14.8. The van der Waals surface area contributed by atoms with Crippen LogP contribution in [0.1, 0.15) is 15.9 Å². The number of rotatable bonds is 5. The van der Waals surface area contributed by atoms with Gasteiger partial charge in [0, 0.05) is 24.3 Å². The molecule has 28 heavy (non-hydrogen) atoms. The smallest absolute Gasteiger partial charge is 0.185 e. The first-order chi connectivity index (χ1) is 13.7. The van der Waals surface area contributed by atoms with Gasteiger partial charge < -0.3 is 14.4 Å². The van der Waals surface area contributed by atoms with Crippen LogP contribution in [0, 0.1) is 0 Å². The summed E-state index contributed by atoms with van der Waals surface area (Å²) in [6.07, 6.45) is 3.50. The Morgan fingerprint density at radius 2 is 1.68 bits per heavy atom. The Morgan fingerprint density at radius 3 is 2.43 bits per heavy atom. The minimum atomic E-state index is 0.00311. The van der Waals surface area contributed by atoms with E-state index in [0.29, 0.717) is 5.56 Å². The van der Waals surface area contributed by atoms with Crippen LogP contribution in [0.4, 0.5) is 5.69 Å². The van der Waals surface area contributed by atoms with Gasteiger partial charge in [0.25, 0.3) is 0 Å². The van der Waals surface area contributed by atoms with Crippen LogP contribution >= 0.6 is 0 Å². The van der Waals surface area contributed by atoms with Crippen molar-refractivity contribution < 1.29 is 14.3 Å². The highest BCUT2D eigenvalue weighted by Gasteiger charge is 2.11. The lowest BCUT2D eigenvalue weighted by Gasteiger charge is -2.28. The van der Waals surface area contributed by atoms with E-state index in [4.69, 9.17) is 9.47 Å². The highest BCUT2D eigenvalue weighted by atomic mass is 16.5. The molecule has 0 aliphatic carbocycles. The predicted molar refractivity (Wildman–Crippen MR) is 113 cm³/mol. The van der Waals surface area contributed by atoms with Gasteiger partial charge in [0.2, 0.25) is 0 Å². The van der Waals surface area contributed by atoms with E-state index in [1.54, 1.807) is 13.2 Å². The highest BCUT2D eigenvalue weighted by molar-refractivity contribution is 6.07. The SMILES string of the molecule is COc1ccc2cc(/C=C\C(=O)c3ccc(N4CCOCC4)cc3)ccc2c1. The van der Waals surface area contributed by atoms with Crippen molar-refractivity contribution in [3.05, 3.63) is 77.9 Å². The second-order valence-electron chi connectivity index (χ2n) is 6.82. The molecule has 0 N–H and O–H groups in total. The fourth-order valence-electron chi connectivity index (χ4n) is 3.40. The average molecular weight is 373 g/mol. The fraction of sp³-hybridized carbons (Fsp3) is 0.208. The Hall–Kier alpha value is -3.11. The number of ether oxygens (including phenoxy) is 2. The Kier molecular flexibility index (Phi) is 5.40. The van der Waals surface area contributed by atoms with E-state index in [0.717, 1.165) is 54.1 Å². The molecule has 4 rings (SSSR count). The maximum Gasteiger partial charge on any atom is 0.185 e. The molecule has 1 fully saturated rings. The summed E-state index contributed by atoms with van der Waals surface area (Å²) in [5.41, 5.74) is 2.82. The third-order valence-electron chi connectivity index (χ3n) is 5.03. The van der Waals surface area contributed by atoms with Crippen LogP contribution in [0.2, 0.25) is 0 Å². The Balaban J connectivity index is 1.46. The summed E-state index contributed by atoms with van der Waals surface area (Å²) < 4.78 is 10.6. The normalized spacial score (nSPS) is 14.5. The number of allylic oxidation sites excluding steroid dienone is 1. The van der Waals surface area contributed by atoms with Crippen molar-refractivity contribution in [2.45, 2.75) is 0 Å². The van der Waals surface area contributed by atoms with Crippen molar-refractivity contribution in [1.82, 2.24) is 0 Å². The lowest BCUT2D eigenvalue weighted by atomic mass is 10.0.